The maximum absolute atomic E-state index is 12.5. The first-order chi connectivity index (χ1) is 10.7. The summed E-state index contributed by atoms with van der Waals surface area (Å²) in [7, 11) is 0. The summed E-state index contributed by atoms with van der Waals surface area (Å²) in [6.07, 6.45) is 1.36. The van der Waals surface area contributed by atoms with Crippen LogP contribution in [0.15, 0.2) is 45.5 Å². The van der Waals surface area contributed by atoms with Crippen molar-refractivity contribution in [3.63, 3.8) is 0 Å². The Kier molecular flexibility index (Phi) is 4.61. The minimum absolute atomic E-state index is 0.0474. The fraction of sp³-hybridized carbons (Fsp3) is 0.312. The summed E-state index contributed by atoms with van der Waals surface area (Å²) in [5.74, 6) is 0.565. The summed E-state index contributed by atoms with van der Waals surface area (Å²) >= 11 is 3.42. The number of ether oxygens (including phenoxy) is 1. The van der Waals surface area contributed by atoms with Crippen LogP contribution in [-0.2, 0) is 11.3 Å². The number of hydrogen-bond donors (Lipinski definition) is 1. The Morgan fingerprint density at radius 2 is 2.14 bits per heavy atom. The van der Waals surface area contributed by atoms with Gasteiger partial charge in [-0.25, -0.2) is 0 Å². The molecule has 6 heteroatoms. The summed E-state index contributed by atoms with van der Waals surface area (Å²) in [5, 5.41) is 0. The van der Waals surface area contributed by atoms with Crippen LogP contribution in [0.2, 0.25) is 0 Å². The molecule has 1 aromatic carbocycles. The van der Waals surface area contributed by atoms with Crippen molar-refractivity contribution in [2.75, 3.05) is 19.7 Å². The van der Waals surface area contributed by atoms with Crippen LogP contribution in [0.4, 0.5) is 0 Å². The number of rotatable bonds is 3. The van der Waals surface area contributed by atoms with Crippen LogP contribution in [0.3, 0.4) is 0 Å². The summed E-state index contributed by atoms with van der Waals surface area (Å²) in [6.45, 7) is 1.92. The van der Waals surface area contributed by atoms with Crippen molar-refractivity contribution in [2.24, 2.45) is 5.73 Å². The van der Waals surface area contributed by atoms with Crippen LogP contribution in [-0.4, -0.2) is 30.5 Å². The molecule has 2 heterocycles. The second kappa shape index (κ2) is 6.64. The van der Waals surface area contributed by atoms with Crippen LogP contribution < -0.4 is 5.73 Å². The van der Waals surface area contributed by atoms with E-state index in [0.717, 1.165) is 10.0 Å². The van der Waals surface area contributed by atoms with Crippen LogP contribution in [0.1, 0.15) is 27.8 Å². The number of amides is 1. The number of carbonyl (C=O) groups is 1. The van der Waals surface area contributed by atoms with Crippen LogP contribution >= 0.6 is 15.9 Å². The lowest BCUT2D eigenvalue weighted by Crippen LogP contribution is -2.42. The molecule has 1 unspecified atom stereocenters. The van der Waals surface area contributed by atoms with Crippen molar-refractivity contribution in [3.8, 4) is 0 Å². The van der Waals surface area contributed by atoms with Gasteiger partial charge in [-0.2, -0.15) is 0 Å². The molecule has 22 heavy (non-hydrogen) atoms. The van der Waals surface area contributed by atoms with Crippen molar-refractivity contribution in [1.29, 1.82) is 0 Å². The number of halogens is 1. The Hall–Kier alpha value is -1.63. The highest BCUT2D eigenvalue weighted by molar-refractivity contribution is 9.10. The van der Waals surface area contributed by atoms with Crippen LogP contribution in [0.5, 0.6) is 0 Å². The fourth-order valence-corrected chi connectivity index (χ4v) is 2.76. The Labute approximate surface area is 137 Å². The van der Waals surface area contributed by atoms with E-state index in [2.05, 4.69) is 15.9 Å². The number of nitrogens with two attached hydrogens (primary N) is 1. The standard InChI is InChI=1S/C16H17BrN2O3/c17-13-3-1-11(2-4-13)15-9-19(5-6-21-15)16(20)12-7-14(8-18)22-10-12/h1-4,7,10,15H,5-6,8-9,18H2. The highest BCUT2D eigenvalue weighted by atomic mass is 79.9. The normalized spacial score (nSPS) is 18.5. The molecule has 1 fully saturated rings. The van der Waals surface area contributed by atoms with Gasteiger partial charge in [-0.15, -0.1) is 0 Å². The molecule has 1 aliphatic rings. The van der Waals surface area contributed by atoms with E-state index in [1.165, 1.54) is 6.26 Å². The molecule has 2 aromatic rings. The number of nitrogens with zero attached hydrogens (tertiary/aromatic N) is 1. The largest absolute Gasteiger partial charge is 0.467 e. The van der Waals surface area contributed by atoms with Crippen molar-refractivity contribution in [3.05, 3.63) is 58.0 Å². The number of carbonyl (C=O) groups excluding carboxylic acids is 1. The third-order valence-electron chi connectivity index (χ3n) is 3.70. The van der Waals surface area contributed by atoms with Gasteiger partial charge in [0.15, 0.2) is 0 Å². The Morgan fingerprint density at radius 1 is 1.36 bits per heavy atom. The minimum Gasteiger partial charge on any atom is -0.467 e. The fourth-order valence-electron chi connectivity index (χ4n) is 2.50. The van der Waals surface area contributed by atoms with Crippen LogP contribution in [0, 0.1) is 0 Å². The van der Waals surface area contributed by atoms with Crippen molar-refractivity contribution >= 4 is 21.8 Å². The van der Waals surface area contributed by atoms with Gasteiger partial charge in [0.05, 0.1) is 25.3 Å². The molecule has 5 nitrogen and oxygen atoms in total. The van der Waals surface area contributed by atoms with Gasteiger partial charge in [-0.3, -0.25) is 4.79 Å². The molecule has 1 atom stereocenters. The Morgan fingerprint density at radius 3 is 2.82 bits per heavy atom. The third kappa shape index (κ3) is 3.24. The Balaban J connectivity index is 1.72. The highest BCUT2D eigenvalue weighted by Crippen LogP contribution is 2.25. The van der Waals surface area contributed by atoms with Gasteiger partial charge in [0.2, 0.25) is 0 Å². The van der Waals surface area contributed by atoms with E-state index in [9.17, 15) is 4.79 Å². The zero-order valence-electron chi connectivity index (χ0n) is 12.0. The van der Waals surface area contributed by atoms with E-state index >= 15 is 0 Å². The monoisotopic (exact) mass is 364 g/mol. The topological polar surface area (TPSA) is 68.7 Å². The third-order valence-corrected chi connectivity index (χ3v) is 4.23. The van der Waals surface area contributed by atoms with Gasteiger partial charge in [-0.1, -0.05) is 28.1 Å². The SMILES string of the molecule is NCc1cc(C(=O)N2CCOC(c3ccc(Br)cc3)C2)co1. The smallest absolute Gasteiger partial charge is 0.257 e. The minimum atomic E-state index is -0.105. The second-order valence-electron chi connectivity index (χ2n) is 5.17. The number of benzene rings is 1. The summed E-state index contributed by atoms with van der Waals surface area (Å²) < 4.78 is 12.1. The quantitative estimate of drug-likeness (QED) is 0.908. The molecule has 0 radical (unpaired) electrons. The summed E-state index contributed by atoms with van der Waals surface area (Å²) in [6, 6.07) is 9.67. The molecule has 2 N–H and O–H groups in total. The van der Waals surface area contributed by atoms with Gasteiger partial charge in [-0.05, 0) is 23.8 Å². The molecule has 0 spiro atoms. The number of morpholine rings is 1. The van der Waals surface area contributed by atoms with E-state index < -0.39 is 0 Å². The van der Waals surface area contributed by atoms with E-state index in [0.29, 0.717) is 31.0 Å². The number of furan rings is 1. The van der Waals surface area contributed by atoms with E-state index in [1.807, 2.05) is 24.3 Å². The maximum Gasteiger partial charge on any atom is 0.257 e. The van der Waals surface area contributed by atoms with E-state index in [-0.39, 0.29) is 18.6 Å². The van der Waals surface area contributed by atoms with E-state index in [1.54, 1.807) is 11.0 Å². The lowest BCUT2D eigenvalue weighted by Gasteiger charge is -2.33. The van der Waals surface area contributed by atoms with Crippen molar-refractivity contribution in [1.82, 2.24) is 4.90 Å². The van der Waals surface area contributed by atoms with Crippen molar-refractivity contribution < 1.29 is 13.9 Å². The zero-order chi connectivity index (χ0) is 15.5. The molecule has 0 bridgehead atoms. The van der Waals surface area contributed by atoms with Gasteiger partial charge in [0.1, 0.15) is 18.1 Å². The molecular formula is C16H17BrN2O3. The number of hydrogen-bond acceptors (Lipinski definition) is 4. The predicted molar refractivity (Wildman–Crippen MR) is 85.3 cm³/mol. The van der Waals surface area contributed by atoms with Gasteiger partial charge in [0, 0.05) is 11.0 Å². The lowest BCUT2D eigenvalue weighted by molar-refractivity contribution is -0.0228. The van der Waals surface area contributed by atoms with Crippen LogP contribution in [0.25, 0.3) is 0 Å². The maximum atomic E-state index is 12.5. The highest BCUT2D eigenvalue weighted by Gasteiger charge is 2.26. The Bertz CT molecular complexity index is 654. The van der Waals surface area contributed by atoms with Gasteiger partial charge >= 0.3 is 0 Å². The first-order valence-corrected chi connectivity index (χ1v) is 7.90. The average Bonchev–Trinajstić information content (AvgIpc) is 3.04. The first-order valence-electron chi connectivity index (χ1n) is 7.11. The van der Waals surface area contributed by atoms with Crippen molar-refractivity contribution in [2.45, 2.75) is 12.6 Å². The summed E-state index contributed by atoms with van der Waals surface area (Å²) in [5.41, 5.74) is 7.11. The molecule has 0 aliphatic carbocycles. The molecule has 116 valence electrons. The predicted octanol–water partition coefficient (Wildman–Crippen LogP) is 2.71. The molecule has 1 amide bonds. The van der Waals surface area contributed by atoms with Gasteiger partial charge < -0.3 is 19.8 Å². The zero-order valence-corrected chi connectivity index (χ0v) is 13.6. The lowest BCUT2D eigenvalue weighted by atomic mass is 10.1. The molecule has 1 aromatic heterocycles. The summed E-state index contributed by atoms with van der Waals surface area (Å²) in [4.78, 5) is 14.3. The van der Waals surface area contributed by atoms with E-state index in [4.69, 9.17) is 14.9 Å². The molecule has 1 saturated heterocycles. The molecular weight excluding hydrogens is 348 g/mol. The first kappa shape index (κ1) is 15.3. The molecule has 0 saturated carbocycles. The average molecular weight is 365 g/mol. The molecule has 3 rings (SSSR count). The second-order valence-corrected chi connectivity index (χ2v) is 6.08. The molecule has 1 aliphatic heterocycles. The van der Waals surface area contributed by atoms with Gasteiger partial charge in [0.25, 0.3) is 5.91 Å².